The van der Waals surface area contributed by atoms with Gasteiger partial charge >= 0.3 is 0 Å². The van der Waals surface area contributed by atoms with E-state index in [2.05, 4.69) is 15.5 Å². The lowest BCUT2D eigenvalue weighted by atomic mass is 9.93. The van der Waals surface area contributed by atoms with E-state index >= 15 is 0 Å². The SMILES string of the molecule is CNS(=O)(=O)c1cc(C(=O)NOCC(CC2CC2)C2CCCN2)ccc1N. The lowest BCUT2D eigenvalue weighted by molar-refractivity contribution is 0.00879. The summed E-state index contributed by atoms with van der Waals surface area (Å²) in [6.07, 6.45) is 5.98. The molecule has 1 aliphatic heterocycles. The van der Waals surface area contributed by atoms with Crippen molar-refractivity contribution in [2.24, 2.45) is 11.8 Å². The van der Waals surface area contributed by atoms with Gasteiger partial charge in [-0.05, 0) is 57.0 Å². The Labute approximate surface area is 160 Å². The number of anilines is 1. The van der Waals surface area contributed by atoms with Gasteiger partial charge in [0.05, 0.1) is 12.3 Å². The summed E-state index contributed by atoms with van der Waals surface area (Å²) in [5.74, 6) is 0.655. The maximum Gasteiger partial charge on any atom is 0.274 e. The normalized spacial score (nSPS) is 21.1. The molecule has 0 aromatic heterocycles. The molecule has 1 saturated heterocycles. The Morgan fingerprint density at radius 3 is 2.78 bits per heavy atom. The van der Waals surface area contributed by atoms with Crippen molar-refractivity contribution in [2.45, 2.75) is 43.0 Å². The van der Waals surface area contributed by atoms with Gasteiger partial charge in [-0.2, -0.15) is 0 Å². The third-order valence-electron chi connectivity index (χ3n) is 5.30. The smallest absolute Gasteiger partial charge is 0.274 e. The molecule has 2 unspecified atom stereocenters. The summed E-state index contributed by atoms with van der Waals surface area (Å²) in [6.45, 7) is 1.48. The molecule has 150 valence electrons. The van der Waals surface area contributed by atoms with Gasteiger partial charge in [0, 0.05) is 17.5 Å². The molecule has 0 bridgehead atoms. The molecule has 2 aliphatic rings. The van der Waals surface area contributed by atoms with E-state index in [0.29, 0.717) is 18.6 Å². The van der Waals surface area contributed by atoms with Gasteiger partial charge in [0.2, 0.25) is 10.0 Å². The maximum absolute atomic E-state index is 12.4. The summed E-state index contributed by atoms with van der Waals surface area (Å²) in [4.78, 5) is 17.7. The van der Waals surface area contributed by atoms with Crippen LogP contribution in [-0.4, -0.2) is 40.6 Å². The van der Waals surface area contributed by atoms with Crippen LogP contribution in [0.15, 0.2) is 23.1 Å². The van der Waals surface area contributed by atoms with E-state index in [-0.39, 0.29) is 16.1 Å². The van der Waals surface area contributed by atoms with Gasteiger partial charge in [-0.1, -0.05) is 12.8 Å². The fraction of sp³-hybridized carbons (Fsp3) is 0.611. The number of rotatable bonds is 9. The molecule has 1 aromatic carbocycles. The Morgan fingerprint density at radius 2 is 2.15 bits per heavy atom. The van der Waals surface area contributed by atoms with Gasteiger partial charge in [0.25, 0.3) is 5.91 Å². The van der Waals surface area contributed by atoms with Crippen molar-refractivity contribution in [3.05, 3.63) is 23.8 Å². The zero-order valence-corrected chi connectivity index (χ0v) is 16.3. The van der Waals surface area contributed by atoms with Gasteiger partial charge in [0.1, 0.15) is 4.90 Å². The third-order valence-corrected chi connectivity index (χ3v) is 6.77. The molecule has 3 rings (SSSR count). The molecule has 1 aromatic rings. The van der Waals surface area contributed by atoms with Crippen LogP contribution in [0.5, 0.6) is 0 Å². The molecule has 5 N–H and O–H groups in total. The number of carbonyl (C=O) groups excluding carboxylic acids is 1. The number of nitrogens with two attached hydrogens (primary N) is 1. The molecule has 27 heavy (non-hydrogen) atoms. The number of amides is 1. The number of nitrogen functional groups attached to an aromatic ring is 1. The van der Waals surface area contributed by atoms with Crippen molar-refractivity contribution in [1.29, 1.82) is 0 Å². The first kappa shape index (κ1) is 20.1. The van der Waals surface area contributed by atoms with Crippen molar-refractivity contribution in [1.82, 2.24) is 15.5 Å². The largest absolute Gasteiger partial charge is 0.398 e. The van der Waals surface area contributed by atoms with Gasteiger partial charge in [-0.25, -0.2) is 18.6 Å². The highest BCUT2D eigenvalue weighted by atomic mass is 32.2. The summed E-state index contributed by atoms with van der Waals surface area (Å²) in [7, 11) is -2.45. The fourth-order valence-electron chi connectivity index (χ4n) is 3.54. The second-order valence-electron chi connectivity index (χ2n) is 7.34. The van der Waals surface area contributed by atoms with E-state index < -0.39 is 15.9 Å². The number of carbonyl (C=O) groups is 1. The lowest BCUT2D eigenvalue weighted by Crippen LogP contribution is -2.36. The molecular weight excluding hydrogens is 368 g/mol. The van der Waals surface area contributed by atoms with Crippen LogP contribution in [0.1, 0.15) is 42.5 Å². The summed E-state index contributed by atoms with van der Waals surface area (Å²) in [5.41, 5.74) is 8.42. The van der Waals surface area contributed by atoms with Crippen molar-refractivity contribution < 1.29 is 18.0 Å². The number of sulfonamides is 1. The predicted octanol–water partition coefficient (Wildman–Crippen LogP) is 1.01. The minimum atomic E-state index is -3.74. The minimum Gasteiger partial charge on any atom is -0.398 e. The van der Waals surface area contributed by atoms with E-state index in [1.165, 1.54) is 44.5 Å². The van der Waals surface area contributed by atoms with Crippen LogP contribution in [-0.2, 0) is 14.9 Å². The topological polar surface area (TPSA) is 123 Å². The highest BCUT2D eigenvalue weighted by Gasteiger charge is 2.31. The average molecular weight is 397 g/mol. The monoisotopic (exact) mass is 396 g/mol. The third kappa shape index (κ3) is 5.19. The van der Waals surface area contributed by atoms with E-state index in [1.54, 1.807) is 0 Å². The molecule has 0 spiro atoms. The molecule has 9 heteroatoms. The van der Waals surface area contributed by atoms with E-state index in [1.807, 2.05) is 0 Å². The first-order chi connectivity index (χ1) is 12.9. The number of nitrogens with one attached hydrogen (secondary N) is 3. The van der Waals surface area contributed by atoms with Crippen LogP contribution in [0.25, 0.3) is 0 Å². The molecule has 1 heterocycles. The van der Waals surface area contributed by atoms with Crippen LogP contribution in [0, 0.1) is 11.8 Å². The molecule has 2 fully saturated rings. The highest BCUT2D eigenvalue weighted by molar-refractivity contribution is 7.89. The van der Waals surface area contributed by atoms with Crippen molar-refractivity contribution >= 4 is 21.6 Å². The maximum atomic E-state index is 12.4. The number of benzene rings is 1. The summed E-state index contributed by atoms with van der Waals surface area (Å²) < 4.78 is 26.2. The molecule has 1 saturated carbocycles. The molecule has 1 aliphatic carbocycles. The molecule has 2 atom stereocenters. The Kier molecular flexibility index (Phi) is 6.36. The minimum absolute atomic E-state index is 0.0821. The molecule has 1 amide bonds. The van der Waals surface area contributed by atoms with Gasteiger partial charge in [-0.3, -0.25) is 9.63 Å². The molecular formula is C18H28N4O4S. The Hall–Kier alpha value is -1.68. The zero-order chi connectivity index (χ0) is 19.4. The summed E-state index contributed by atoms with van der Waals surface area (Å²) in [5, 5.41) is 3.52. The Balaban J connectivity index is 1.59. The highest BCUT2D eigenvalue weighted by Crippen LogP contribution is 2.37. The fourth-order valence-corrected chi connectivity index (χ4v) is 4.42. The van der Waals surface area contributed by atoms with Crippen molar-refractivity contribution in [2.75, 3.05) is 25.9 Å². The van der Waals surface area contributed by atoms with Crippen LogP contribution >= 0.6 is 0 Å². The number of hydrogen-bond donors (Lipinski definition) is 4. The van der Waals surface area contributed by atoms with Gasteiger partial charge in [-0.15, -0.1) is 0 Å². The van der Waals surface area contributed by atoms with Crippen LogP contribution in [0.2, 0.25) is 0 Å². The summed E-state index contributed by atoms with van der Waals surface area (Å²) >= 11 is 0. The lowest BCUT2D eigenvalue weighted by Gasteiger charge is -2.23. The van der Waals surface area contributed by atoms with Crippen molar-refractivity contribution in [3.8, 4) is 0 Å². The molecule has 0 radical (unpaired) electrons. The standard InChI is InChI=1S/C18H28N4O4S/c1-20-27(24,25)17-10-13(6-7-15(17)19)18(23)22-26-11-14(9-12-4-5-12)16-3-2-8-21-16/h6-7,10,12,14,16,20-21H,2-5,8-9,11,19H2,1H3,(H,22,23). The Morgan fingerprint density at radius 1 is 1.37 bits per heavy atom. The first-order valence-corrected chi connectivity index (χ1v) is 10.9. The zero-order valence-electron chi connectivity index (χ0n) is 15.5. The van der Waals surface area contributed by atoms with Crippen LogP contribution < -0.4 is 21.3 Å². The van der Waals surface area contributed by atoms with E-state index in [4.69, 9.17) is 10.6 Å². The van der Waals surface area contributed by atoms with Crippen LogP contribution in [0.3, 0.4) is 0 Å². The number of hydroxylamine groups is 1. The second-order valence-corrected chi connectivity index (χ2v) is 9.20. The van der Waals surface area contributed by atoms with Gasteiger partial charge < -0.3 is 11.1 Å². The first-order valence-electron chi connectivity index (χ1n) is 9.39. The second kappa shape index (κ2) is 8.55. The number of hydrogen-bond acceptors (Lipinski definition) is 6. The van der Waals surface area contributed by atoms with E-state index in [9.17, 15) is 13.2 Å². The Bertz CT molecular complexity index is 774. The van der Waals surface area contributed by atoms with Gasteiger partial charge in [0.15, 0.2) is 0 Å². The predicted molar refractivity (Wildman–Crippen MR) is 102 cm³/mol. The quantitative estimate of drug-likeness (QED) is 0.365. The van der Waals surface area contributed by atoms with Crippen molar-refractivity contribution in [3.63, 3.8) is 0 Å². The summed E-state index contributed by atoms with van der Waals surface area (Å²) in [6, 6.07) is 4.56. The average Bonchev–Trinajstić information content (AvgIpc) is 3.30. The van der Waals surface area contributed by atoms with Crippen LogP contribution in [0.4, 0.5) is 5.69 Å². The van der Waals surface area contributed by atoms with E-state index in [0.717, 1.165) is 25.3 Å². The molecule has 8 nitrogen and oxygen atoms in total.